The molecule has 0 atom stereocenters. The number of methoxy groups -OCH3 is 1. The molecule has 1 aromatic heterocycles. The third kappa shape index (κ3) is 4.39. The molecule has 0 aliphatic heterocycles. The van der Waals surface area contributed by atoms with Crippen LogP contribution in [0.4, 0.5) is 5.69 Å². The minimum atomic E-state index is -0.274. The SMILES string of the molecule is COC(=O)CCc1ccc(NC(=O)c2ccccn2)c(Br)c1. The van der Waals surface area contributed by atoms with Crippen molar-refractivity contribution < 1.29 is 14.3 Å². The quantitative estimate of drug-likeness (QED) is 0.829. The number of halogens is 1. The van der Waals surface area contributed by atoms with Gasteiger partial charge in [-0.15, -0.1) is 0 Å². The average molecular weight is 363 g/mol. The molecule has 0 fully saturated rings. The highest BCUT2D eigenvalue weighted by Gasteiger charge is 2.10. The van der Waals surface area contributed by atoms with E-state index in [9.17, 15) is 9.59 Å². The largest absolute Gasteiger partial charge is 0.469 e. The van der Waals surface area contributed by atoms with Gasteiger partial charge in [-0.25, -0.2) is 0 Å². The second kappa shape index (κ2) is 7.70. The maximum absolute atomic E-state index is 12.0. The summed E-state index contributed by atoms with van der Waals surface area (Å²) in [6.07, 6.45) is 2.47. The zero-order chi connectivity index (χ0) is 15.9. The highest BCUT2D eigenvalue weighted by atomic mass is 79.9. The van der Waals surface area contributed by atoms with Gasteiger partial charge in [0.1, 0.15) is 5.69 Å². The first-order valence-corrected chi connectivity index (χ1v) is 7.47. The minimum absolute atomic E-state index is 0.247. The van der Waals surface area contributed by atoms with Crippen LogP contribution in [0.2, 0.25) is 0 Å². The molecule has 0 aliphatic rings. The van der Waals surface area contributed by atoms with Gasteiger partial charge < -0.3 is 10.1 Å². The van der Waals surface area contributed by atoms with Crippen molar-refractivity contribution in [2.45, 2.75) is 12.8 Å². The number of amides is 1. The van der Waals surface area contributed by atoms with E-state index in [0.29, 0.717) is 24.2 Å². The summed E-state index contributed by atoms with van der Waals surface area (Å²) in [4.78, 5) is 27.2. The maximum Gasteiger partial charge on any atom is 0.305 e. The fraction of sp³-hybridized carbons (Fsp3) is 0.188. The summed E-state index contributed by atoms with van der Waals surface area (Å²) in [5.41, 5.74) is 1.98. The third-order valence-corrected chi connectivity index (χ3v) is 3.68. The Balaban J connectivity index is 2.04. The Labute approximate surface area is 136 Å². The lowest BCUT2D eigenvalue weighted by Gasteiger charge is -2.09. The maximum atomic E-state index is 12.0. The molecule has 2 rings (SSSR count). The van der Waals surface area contributed by atoms with Crippen LogP contribution in [0.15, 0.2) is 47.1 Å². The third-order valence-electron chi connectivity index (χ3n) is 3.02. The number of esters is 1. The fourth-order valence-corrected chi connectivity index (χ4v) is 2.37. The normalized spacial score (nSPS) is 10.1. The zero-order valence-corrected chi connectivity index (χ0v) is 13.6. The number of aryl methyl sites for hydroxylation is 1. The second-order valence-electron chi connectivity index (χ2n) is 4.56. The van der Waals surface area contributed by atoms with Gasteiger partial charge in [0.25, 0.3) is 5.91 Å². The Hall–Kier alpha value is -2.21. The Kier molecular flexibility index (Phi) is 5.66. The fourth-order valence-electron chi connectivity index (χ4n) is 1.85. The van der Waals surface area contributed by atoms with Gasteiger partial charge in [0.05, 0.1) is 12.8 Å². The molecule has 1 N–H and O–H groups in total. The summed E-state index contributed by atoms with van der Waals surface area (Å²) in [6.45, 7) is 0. The Morgan fingerprint density at radius 2 is 2.09 bits per heavy atom. The molecule has 2 aromatic rings. The first-order chi connectivity index (χ1) is 10.6. The van der Waals surface area contributed by atoms with Gasteiger partial charge in [-0.2, -0.15) is 0 Å². The predicted molar refractivity (Wildman–Crippen MR) is 86.7 cm³/mol. The number of pyridine rings is 1. The van der Waals surface area contributed by atoms with Crippen LogP contribution < -0.4 is 5.32 Å². The number of carbonyl (C=O) groups is 2. The summed E-state index contributed by atoms with van der Waals surface area (Å²) in [5, 5.41) is 2.79. The molecule has 0 bridgehead atoms. The van der Waals surface area contributed by atoms with E-state index in [1.807, 2.05) is 12.1 Å². The van der Waals surface area contributed by atoms with Crippen LogP contribution in [-0.4, -0.2) is 24.0 Å². The molecule has 5 nitrogen and oxygen atoms in total. The molecule has 0 saturated heterocycles. The molecule has 0 radical (unpaired) electrons. The van der Waals surface area contributed by atoms with Crippen LogP contribution in [-0.2, 0) is 16.0 Å². The van der Waals surface area contributed by atoms with Crippen LogP contribution in [0.25, 0.3) is 0 Å². The molecule has 114 valence electrons. The molecule has 0 aliphatic carbocycles. The van der Waals surface area contributed by atoms with Crippen molar-refractivity contribution in [3.63, 3.8) is 0 Å². The molecule has 1 aromatic carbocycles. The van der Waals surface area contributed by atoms with Gasteiger partial charge in [0, 0.05) is 17.1 Å². The van der Waals surface area contributed by atoms with Crippen molar-refractivity contribution in [3.05, 3.63) is 58.3 Å². The minimum Gasteiger partial charge on any atom is -0.469 e. The lowest BCUT2D eigenvalue weighted by molar-refractivity contribution is -0.140. The van der Waals surface area contributed by atoms with Gasteiger partial charge in [0.15, 0.2) is 0 Å². The molecule has 1 amide bonds. The molecular weight excluding hydrogens is 348 g/mol. The smallest absolute Gasteiger partial charge is 0.305 e. The summed E-state index contributed by atoms with van der Waals surface area (Å²) >= 11 is 3.42. The Morgan fingerprint density at radius 1 is 1.27 bits per heavy atom. The highest BCUT2D eigenvalue weighted by Crippen LogP contribution is 2.24. The molecular formula is C16H15BrN2O3. The topological polar surface area (TPSA) is 68.3 Å². The van der Waals surface area contributed by atoms with Crippen molar-refractivity contribution in [3.8, 4) is 0 Å². The number of nitrogens with one attached hydrogen (secondary N) is 1. The van der Waals surface area contributed by atoms with E-state index in [0.717, 1.165) is 10.0 Å². The van der Waals surface area contributed by atoms with Gasteiger partial charge in [-0.05, 0) is 52.2 Å². The van der Waals surface area contributed by atoms with Crippen molar-refractivity contribution in [2.75, 3.05) is 12.4 Å². The van der Waals surface area contributed by atoms with E-state index in [4.69, 9.17) is 0 Å². The molecule has 22 heavy (non-hydrogen) atoms. The number of hydrogen-bond acceptors (Lipinski definition) is 4. The first-order valence-electron chi connectivity index (χ1n) is 6.68. The molecule has 6 heteroatoms. The van der Waals surface area contributed by atoms with E-state index in [2.05, 4.69) is 31.0 Å². The highest BCUT2D eigenvalue weighted by molar-refractivity contribution is 9.10. The lowest BCUT2D eigenvalue weighted by atomic mass is 10.1. The van der Waals surface area contributed by atoms with E-state index in [1.165, 1.54) is 7.11 Å². The lowest BCUT2D eigenvalue weighted by Crippen LogP contribution is -2.13. The van der Waals surface area contributed by atoms with Gasteiger partial charge in [-0.1, -0.05) is 12.1 Å². The van der Waals surface area contributed by atoms with E-state index < -0.39 is 0 Å². The standard InChI is InChI=1S/C16H15BrN2O3/c1-22-15(20)8-6-11-5-7-13(12(17)10-11)19-16(21)14-4-2-3-9-18-14/h2-5,7,9-10H,6,8H2,1H3,(H,19,21). The van der Waals surface area contributed by atoms with Crippen molar-refractivity contribution >= 4 is 33.5 Å². The summed E-state index contributed by atoms with van der Waals surface area (Å²) < 4.78 is 5.36. The number of rotatable bonds is 5. The zero-order valence-electron chi connectivity index (χ0n) is 12.0. The van der Waals surface area contributed by atoms with Crippen molar-refractivity contribution in [1.29, 1.82) is 0 Å². The number of aromatic nitrogens is 1. The van der Waals surface area contributed by atoms with Crippen LogP contribution in [0.5, 0.6) is 0 Å². The van der Waals surface area contributed by atoms with E-state index in [-0.39, 0.29) is 11.9 Å². The Bertz CT molecular complexity index is 674. The number of nitrogens with zero attached hydrogens (tertiary/aromatic N) is 1. The van der Waals surface area contributed by atoms with Crippen LogP contribution in [0, 0.1) is 0 Å². The average Bonchev–Trinajstić information content (AvgIpc) is 2.55. The van der Waals surface area contributed by atoms with E-state index >= 15 is 0 Å². The van der Waals surface area contributed by atoms with Crippen LogP contribution in [0.1, 0.15) is 22.5 Å². The summed E-state index contributed by atoms with van der Waals surface area (Å²) in [5.74, 6) is -0.521. The second-order valence-corrected chi connectivity index (χ2v) is 5.41. The molecule has 0 unspecified atom stereocenters. The van der Waals surface area contributed by atoms with Crippen molar-refractivity contribution in [1.82, 2.24) is 4.98 Å². The van der Waals surface area contributed by atoms with Gasteiger partial charge in [0.2, 0.25) is 0 Å². The van der Waals surface area contributed by atoms with Gasteiger partial charge >= 0.3 is 5.97 Å². The summed E-state index contributed by atoms with van der Waals surface area (Å²) in [7, 11) is 1.37. The molecule has 0 spiro atoms. The molecule has 0 saturated carbocycles. The monoisotopic (exact) mass is 362 g/mol. The Morgan fingerprint density at radius 3 is 2.73 bits per heavy atom. The number of ether oxygens (including phenoxy) is 1. The number of anilines is 1. The van der Waals surface area contributed by atoms with Gasteiger partial charge in [-0.3, -0.25) is 14.6 Å². The number of hydrogen-bond donors (Lipinski definition) is 1. The molecule has 1 heterocycles. The van der Waals surface area contributed by atoms with Crippen LogP contribution >= 0.6 is 15.9 Å². The van der Waals surface area contributed by atoms with E-state index in [1.54, 1.807) is 30.5 Å². The van der Waals surface area contributed by atoms with Crippen molar-refractivity contribution in [2.24, 2.45) is 0 Å². The predicted octanol–water partition coefficient (Wildman–Crippen LogP) is 3.20. The number of carbonyl (C=O) groups excluding carboxylic acids is 2. The first kappa shape index (κ1) is 16.2. The summed E-state index contributed by atoms with van der Waals surface area (Å²) in [6, 6.07) is 10.7. The van der Waals surface area contributed by atoms with Crippen LogP contribution in [0.3, 0.4) is 0 Å². The number of benzene rings is 1.